The van der Waals surface area contributed by atoms with E-state index in [-0.39, 0.29) is 0 Å². The zero-order valence-corrected chi connectivity index (χ0v) is 17.6. The number of guanidine groups is 1. The largest absolute Gasteiger partial charge is 0.376 e. The Labute approximate surface area is 163 Å². The first-order chi connectivity index (χ1) is 12.7. The molecule has 1 aliphatic rings. The zero-order chi connectivity index (χ0) is 19.9. The van der Waals surface area contributed by atoms with E-state index in [0.29, 0.717) is 19.1 Å². The van der Waals surface area contributed by atoms with Gasteiger partial charge in [-0.2, -0.15) is 0 Å². The molecule has 2 rings (SSSR count). The number of nitrogens with one attached hydrogen (secondary N) is 2. The van der Waals surface area contributed by atoms with E-state index in [0.717, 1.165) is 32.1 Å². The lowest BCUT2D eigenvalue weighted by Gasteiger charge is -2.29. The molecule has 1 saturated heterocycles. The average Bonchev–Trinajstić information content (AvgIpc) is 3.03. The molecule has 1 atom stereocenters. The minimum atomic E-state index is -3.26. The molecule has 7 nitrogen and oxygen atoms in total. The summed E-state index contributed by atoms with van der Waals surface area (Å²) in [4.78, 5) is 6.55. The molecule has 0 amide bonds. The van der Waals surface area contributed by atoms with Gasteiger partial charge in [0.2, 0.25) is 10.0 Å². The second kappa shape index (κ2) is 9.52. The van der Waals surface area contributed by atoms with Crippen LogP contribution in [0.5, 0.6) is 0 Å². The van der Waals surface area contributed by atoms with Crippen molar-refractivity contribution in [3.05, 3.63) is 35.9 Å². The predicted octanol–water partition coefficient (Wildman–Crippen LogP) is 1.43. The normalized spacial score (nSPS) is 18.7. The van der Waals surface area contributed by atoms with E-state index < -0.39 is 15.6 Å². The molecule has 1 unspecified atom stereocenters. The Balaban J connectivity index is 1.76. The number of sulfonamides is 1. The fraction of sp³-hybridized carbons (Fsp3) is 0.632. The summed E-state index contributed by atoms with van der Waals surface area (Å²) < 4.78 is 31.4. The average molecular weight is 397 g/mol. The minimum absolute atomic E-state index is 0.457. The summed E-state index contributed by atoms with van der Waals surface area (Å²) >= 11 is 0. The Bertz CT molecular complexity index is 720. The summed E-state index contributed by atoms with van der Waals surface area (Å²) in [6, 6.07) is 10.2. The quantitative estimate of drug-likeness (QED) is 0.513. The number of ether oxygens (including phenoxy) is 1. The smallest absolute Gasteiger partial charge is 0.209 e. The molecule has 1 aromatic carbocycles. The number of hydrogen-bond donors (Lipinski definition) is 2. The van der Waals surface area contributed by atoms with Crippen molar-refractivity contribution >= 4 is 16.0 Å². The number of likely N-dealkylation sites (tertiary alicyclic amines) is 1. The number of rotatable bonds is 8. The molecule has 152 valence electrons. The first-order valence-corrected chi connectivity index (χ1v) is 11.1. The number of nitrogens with zero attached hydrogens (tertiary/aromatic N) is 2. The molecule has 0 aliphatic carbocycles. The van der Waals surface area contributed by atoms with E-state index >= 15 is 0 Å². The van der Waals surface area contributed by atoms with Crippen LogP contribution >= 0.6 is 0 Å². The molecule has 0 saturated carbocycles. The second-order valence-corrected chi connectivity index (χ2v) is 9.51. The van der Waals surface area contributed by atoms with E-state index in [9.17, 15) is 8.42 Å². The maximum absolute atomic E-state index is 11.5. The van der Waals surface area contributed by atoms with Crippen LogP contribution in [0.4, 0.5) is 0 Å². The Hall–Kier alpha value is -1.64. The summed E-state index contributed by atoms with van der Waals surface area (Å²) in [5.74, 6) is 1.26. The molecule has 2 N–H and O–H groups in total. The van der Waals surface area contributed by atoms with Crippen molar-refractivity contribution < 1.29 is 13.2 Å². The highest BCUT2D eigenvalue weighted by molar-refractivity contribution is 7.88. The third-order valence-corrected chi connectivity index (χ3v) is 5.34. The Morgan fingerprint density at radius 2 is 2.04 bits per heavy atom. The van der Waals surface area contributed by atoms with Gasteiger partial charge in [0, 0.05) is 38.1 Å². The van der Waals surface area contributed by atoms with Crippen LogP contribution in [0.2, 0.25) is 0 Å². The van der Waals surface area contributed by atoms with Gasteiger partial charge in [0.15, 0.2) is 5.96 Å². The van der Waals surface area contributed by atoms with Gasteiger partial charge in [0.1, 0.15) is 0 Å². The highest BCUT2D eigenvalue weighted by Gasteiger charge is 2.27. The molecular formula is C19H32N4O3S. The first-order valence-electron chi connectivity index (χ1n) is 9.25. The third kappa shape index (κ3) is 7.86. The van der Waals surface area contributed by atoms with Crippen LogP contribution in [0.25, 0.3) is 0 Å². The van der Waals surface area contributed by atoms with Gasteiger partial charge in [-0.05, 0) is 25.8 Å². The number of benzene rings is 1. The van der Waals surface area contributed by atoms with Crippen LogP contribution < -0.4 is 10.0 Å². The second-order valence-electron chi connectivity index (χ2n) is 7.76. The Morgan fingerprint density at radius 1 is 1.33 bits per heavy atom. The van der Waals surface area contributed by atoms with Crippen LogP contribution in [0.1, 0.15) is 25.8 Å². The summed E-state index contributed by atoms with van der Waals surface area (Å²) in [7, 11) is -1.51. The van der Waals surface area contributed by atoms with Crippen molar-refractivity contribution in [2.75, 3.05) is 39.5 Å². The monoisotopic (exact) mass is 396 g/mol. The van der Waals surface area contributed by atoms with Crippen molar-refractivity contribution in [2.24, 2.45) is 10.9 Å². The lowest BCUT2D eigenvalue weighted by molar-refractivity contribution is 0.0906. The summed E-state index contributed by atoms with van der Waals surface area (Å²) in [5, 5.41) is 3.28. The molecule has 1 aromatic rings. The van der Waals surface area contributed by atoms with Gasteiger partial charge in [0.05, 0.1) is 19.5 Å². The standard InChI is InChI=1S/C19H32N4O3S/c1-19(2,22-27(4,24)25)15-21-18(20-3)23-11-10-17(12-23)14-26-13-16-8-6-5-7-9-16/h5-9,17,22H,10-15H2,1-4H3,(H,20,21). The fourth-order valence-electron chi connectivity index (χ4n) is 3.25. The van der Waals surface area contributed by atoms with Crippen molar-refractivity contribution in [3.63, 3.8) is 0 Å². The van der Waals surface area contributed by atoms with E-state index in [1.54, 1.807) is 7.05 Å². The van der Waals surface area contributed by atoms with Crippen LogP contribution in [0, 0.1) is 5.92 Å². The number of aliphatic imine (C=N–C) groups is 1. The van der Waals surface area contributed by atoms with E-state index in [1.807, 2.05) is 32.0 Å². The van der Waals surface area contributed by atoms with Gasteiger partial charge in [-0.25, -0.2) is 13.1 Å². The molecule has 0 spiro atoms. The van der Waals surface area contributed by atoms with Gasteiger partial charge >= 0.3 is 0 Å². The van der Waals surface area contributed by atoms with Crippen LogP contribution in [0.3, 0.4) is 0 Å². The van der Waals surface area contributed by atoms with Crippen molar-refractivity contribution in [3.8, 4) is 0 Å². The molecule has 0 bridgehead atoms. The van der Waals surface area contributed by atoms with E-state index in [1.165, 1.54) is 11.8 Å². The van der Waals surface area contributed by atoms with Crippen molar-refractivity contribution in [1.82, 2.24) is 14.9 Å². The lowest BCUT2D eigenvalue weighted by atomic mass is 10.1. The summed E-state index contributed by atoms with van der Waals surface area (Å²) in [5.41, 5.74) is 0.590. The van der Waals surface area contributed by atoms with Crippen LogP contribution in [-0.2, 0) is 21.4 Å². The zero-order valence-electron chi connectivity index (χ0n) is 16.7. The Kier molecular flexibility index (Phi) is 7.64. The molecule has 0 aromatic heterocycles. The molecule has 1 heterocycles. The lowest BCUT2D eigenvalue weighted by Crippen LogP contribution is -2.53. The van der Waals surface area contributed by atoms with E-state index in [4.69, 9.17) is 4.74 Å². The van der Waals surface area contributed by atoms with Gasteiger partial charge in [-0.1, -0.05) is 30.3 Å². The van der Waals surface area contributed by atoms with Crippen molar-refractivity contribution in [1.29, 1.82) is 0 Å². The maximum atomic E-state index is 11.5. The van der Waals surface area contributed by atoms with Crippen molar-refractivity contribution in [2.45, 2.75) is 32.4 Å². The van der Waals surface area contributed by atoms with Gasteiger partial charge in [-0.3, -0.25) is 4.99 Å². The molecular weight excluding hydrogens is 364 g/mol. The molecule has 1 fully saturated rings. The fourth-order valence-corrected chi connectivity index (χ4v) is 4.32. The molecule has 27 heavy (non-hydrogen) atoms. The maximum Gasteiger partial charge on any atom is 0.209 e. The molecule has 1 aliphatic heterocycles. The molecule has 0 radical (unpaired) electrons. The Morgan fingerprint density at radius 3 is 2.67 bits per heavy atom. The van der Waals surface area contributed by atoms with E-state index in [2.05, 4.69) is 32.1 Å². The summed E-state index contributed by atoms with van der Waals surface area (Å²) in [6.45, 7) is 7.31. The number of hydrogen-bond acceptors (Lipinski definition) is 4. The minimum Gasteiger partial charge on any atom is -0.376 e. The SMILES string of the molecule is CN=C(NCC(C)(C)NS(C)(=O)=O)N1CCC(COCc2ccccc2)C1. The first kappa shape index (κ1) is 21.7. The van der Waals surface area contributed by atoms with Gasteiger partial charge < -0.3 is 15.0 Å². The van der Waals surface area contributed by atoms with Gasteiger partial charge in [-0.15, -0.1) is 0 Å². The highest BCUT2D eigenvalue weighted by atomic mass is 32.2. The van der Waals surface area contributed by atoms with Gasteiger partial charge in [0.25, 0.3) is 0 Å². The third-order valence-electron chi connectivity index (χ3n) is 4.41. The molecule has 8 heteroatoms. The van der Waals surface area contributed by atoms with Crippen LogP contribution in [-0.4, -0.2) is 64.4 Å². The summed E-state index contributed by atoms with van der Waals surface area (Å²) in [6.07, 6.45) is 2.23. The highest BCUT2D eigenvalue weighted by Crippen LogP contribution is 2.17. The predicted molar refractivity (Wildman–Crippen MR) is 109 cm³/mol. The van der Waals surface area contributed by atoms with Crippen LogP contribution in [0.15, 0.2) is 35.3 Å². The topological polar surface area (TPSA) is 83.0 Å².